The minimum Gasteiger partial charge on any atom is -0.459 e. The zero-order valence-corrected chi connectivity index (χ0v) is 15.2. The first-order valence-electron chi connectivity index (χ1n) is 9.44. The molecule has 1 saturated carbocycles. The maximum Gasteiger partial charge on any atom is 0.296 e. The molecule has 1 aliphatic carbocycles. The number of primary amides is 1. The van der Waals surface area contributed by atoms with Crippen LogP contribution < -0.4 is 11.1 Å². The van der Waals surface area contributed by atoms with Gasteiger partial charge in [0, 0.05) is 0 Å². The SMILES string of the molecule is NC(=O)[C@@H](C(=O)N(C(=O)c1ccco1)C1CCCNCC1=O)C1CCCC1. The molecule has 1 aliphatic heterocycles. The van der Waals surface area contributed by atoms with Gasteiger partial charge in [0.15, 0.2) is 11.5 Å². The van der Waals surface area contributed by atoms with Crippen LogP contribution in [0.3, 0.4) is 0 Å². The largest absolute Gasteiger partial charge is 0.459 e. The zero-order valence-electron chi connectivity index (χ0n) is 15.2. The minimum atomic E-state index is -1.10. The molecule has 2 heterocycles. The lowest BCUT2D eigenvalue weighted by molar-refractivity contribution is -0.145. The molecular weight excluding hydrogens is 350 g/mol. The van der Waals surface area contributed by atoms with Gasteiger partial charge in [-0.2, -0.15) is 0 Å². The Morgan fingerprint density at radius 2 is 1.93 bits per heavy atom. The van der Waals surface area contributed by atoms with Crippen molar-refractivity contribution in [2.24, 2.45) is 17.6 Å². The van der Waals surface area contributed by atoms with Crippen molar-refractivity contribution in [1.82, 2.24) is 10.2 Å². The van der Waals surface area contributed by atoms with Crippen LogP contribution in [0.2, 0.25) is 0 Å². The second-order valence-electron chi connectivity index (χ2n) is 7.22. The van der Waals surface area contributed by atoms with E-state index in [0.717, 1.165) is 17.7 Å². The van der Waals surface area contributed by atoms with E-state index >= 15 is 0 Å². The van der Waals surface area contributed by atoms with Crippen molar-refractivity contribution in [3.63, 3.8) is 0 Å². The fourth-order valence-corrected chi connectivity index (χ4v) is 4.09. The Labute approximate surface area is 157 Å². The molecule has 1 unspecified atom stereocenters. The second-order valence-corrected chi connectivity index (χ2v) is 7.22. The summed E-state index contributed by atoms with van der Waals surface area (Å²) in [6.45, 7) is 0.700. The summed E-state index contributed by atoms with van der Waals surface area (Å²) >= 11 is 0. The Hall–Kier alpha value is -2.48. The maximum atomic E-state index is 13.4. The Morgan fingerprint density at radius 3 is 2.56 bits per heavy atom. The molecule has 146 valence electrons. The predicted molar refractivity (Wildman–Crippen MR) is 95.4 cm³/mol. The summed E-state index contributed by atoms with van der Waals surface area (Å²) in [5.41, 5.74) is 5.55. The average molecular weight is 375 g/mol. The van der Waals surface area contributed by atoms with E-state index in [1.54, 1.807) is 0 Å². The monoisotopic (exact) mass is 375 g/mol. The van der Waals surface area contributed by atoms with Gasteiger partial charge in [0.05, 0.1) is 18.8 Å². The lowest BCUT2D eigenvalue weighted by Gasteiger charge is -2.31. The number of nitrogens with zero attached hydrogens (tertiary/aromatic N) is 1. The predicted octanol–water partition coefficient (Wildman–Crippen LogP) is 0.861. The number of carbonyl (C=O) groups is 4. The van der Waals surface area contributed by atoms with Crippen LogP contribution in [0.4, 0.5) is 0 Å². The van der Waals surface area contributed by atoms with Crippen molar-refractivity contribution >= 4 is 23.5 Å². The van der Waals surface area contributed by atoms with E-state index in [1.807, 2.05) is 0 Å². The molecular formula is C19H25N3O5. The summed E-state index contributed by atoms with van der Waals surface area (Å²) in [5.74, 6) is -3.72. The van der Waals surface area contributed by atoms with Crippen molar-refractivity contribution < 1.29 is 23.6 Å². The molecule has 3 amide bonds. The maximum absolute atomic E-state index is 13.4. The second kappa shape index (κ2) is 8.47. The van der Waals surface area contributed by atoms with Crippen LogP contribution in [0.25, 0.3) is 0 Å². The normalized spacial score (nSPS) is 22.2. The van der Waals surface area contributed by atoms with Gasteiger partial charge < -0.3 is 15.5 Å². The zero-order chi connectivity index (χ0) is 19.4. The molecule has 2 aliphatic rings. The molecule has 1 aromatic rings. The van der Waals surface area contributed by atoms with Crippen LogP contribution in [-0.2, 0) is 14.4 Å². The van der Waals surface area contributed by atoms with E-state index in [-0.39, 0.29) is 24.0 Å². The van der Waals surface area contributed by atoms with Crippen LogP contribution in [0.1, 0.15) is 49.1 Å². The molecule has 2 fully saturated rings. The highest BCUT2D eigenvalue weighted by Crippen LogP contribution is 2.33. The van der Waals surface area contributed by atoms with Crippen LogP contribution in [0, 0.1) is 11.8 Å². The van der Waals surface area contributed by atoms with Crippen molar-refractivity contribution in [2.75, 3.05) is 13.1 Å². The van der Waals surface area contributed by atoms with Gasteiger partial charge in [-0.25, -0.2) is 0 Å². The number of nitrogens with two attached hydrogens (primary N) is 1. The summed E-state index contributed by atoms with van der Waals surface area (Å²) in [6, 6.07) is 2.06. The Balaban J connectivity index is 1.96. The highest BCUT2D eigenvalue weighted by atomic mass is 16.3. The van der Waals surface area contributed by atoms with Gasteiger partial charge in [-0.1, -0.05) is 12.8 Å². The minimum absolute atomic E-state index is 0.0389. The first kappa shape index (κ1) is 19.3. The summed E-state index contributed by atoms with van der Waals surface area (Å²) in [6.07, 6.45) is 5.57. The summed E-state index contributed by atoms with van der Waals surface area (Å²) in [5, 5.41) is 2.99. The van der Waals surface area contributed by atoms with E-state index in [1.165, 1.54) is 18.4 Å². The summed E-state index contributed by atoms with van der Waals surface area (Å²) in [4.78, 5) is 52.0. The number of ketones is 1. The molecule has 8 heteroatoms. The average Bonchev–Trinajstić information content (AvgIpc) is 3.30. The summed E-state index contributed by atoms with van der Waals surface area (Å²) < 4.78 is 5.16. The number of imide groups is 1. The molecule has 3 rings (SSSR count). The van der Waals surface area contributed by atoms with Crippen LogP contribution in [0.15, 0.2) is 22.8 Å². The van der Waals surface area contributed by atoms with Gasteiger partial charge in [0.1, 0.15) is 5.92 Å². The molecule has 3 N–H and O–H groups in total. The van der Waals surface area contributed by atoms with Crippen molar-refractivity contribution in [2.45, 2.75) is 44.6 Å². The van der Waals surface area contributed by atoms with E-state index in [0.29, 0.717) is 32.2 Å². The highest BCUT2D eigenvalue weighted by Gasteiger charge is 2.44. The number of hydrogen-bond donors (Lipinski definition) is 2. The third-order valence-corrected chi connectivity index (χ3v) is 5.45. The number of carbonyl (C=O) groups excluding carboxylic acids is 4. The smallest absolute Gasteiger partial charge is 0.296 e. The third-order valence-electron chi connectivity index (χ3n) is 5.45. The number of rotatable bonds is 5. The lowest BCUT2D eigenvalue weighted by Crippen LogP contribution is -2.54. The molecule has 0 radical (unpaired) electrons. The first-order chi connectivity index (χ1) is 13.0. The van der Waals surface area contributed by atoms with Gasteiger partial charge in [0.2, 0.25) is 11.8 Å². The molecule has 1 aromatic heterocycles. The number of furan rings is 1. The van der Waals surface area contributed by atoms with E-state index in [9.17, 15) is 19.2 Å². The van der Waals surface area contributed by atoms with Gasteiger partial charge in [-0.3, -0.25) is 24.1 Å². The van der Waals surface area contributed by atoms with E-state index < -0.39 is 29.7 Å². The number of hydrogen-bond acceptors (Lipinski definition) is 6. The fourth-order valence-electron chi connectivity index (χ4n) is 4.09. The number of Topliss-reactive ketones (excluding diaryl/α,β-unsaturated/α-hetero) is 1. The Morgan fingerprint density at radius 1 is 1.19 bits per heavy atom. The Kier molecular flexibility index (Phi) is 6.05. The van der Waals surface area contributed by atoms with E-state index in [4.69, 9.17) is 10.2 Å². The van der Waals surface area contributed by atoms with Gasteiger partial charge in [0.25, 0.3) is 5.91 Å². The molecule has 2 atom stereocenters. The van der Waals surface area contributed by atoms with Crippen LogP contribution in [0.5, 0.6) is 0 Å². The standard InChI is InChI=1S/C19H25N3O5/c20-17(24)16(12-5-1-2-6-12)19(26)22(18(25)15-8-4-10-27-15)13-7-3-9-21-11-14(13)23/h4,8,10,12-13,16,21H,1-3,5-7,9,11H2,(H2,20,24)/t13?,16-/m0/s1. The first-order valence-corrected chi connectivity index (χ1v) is 9.44. The van der Waals surface area contributed by atoms with Crippen molar-refractivity contribution in [3.05, 3.63) is 24.2 Å². The van der Waals surface area contributed by atoms with Gasteiger partial charge >= 0.3 is 0 Å². The highest BCUT2D eigenvalue weighted by molar-refractivity contribution is 6.12. The molecule has 0 bridgehead atoms. The van der Waals surface area contributed by atoms with Gasteiger partial charge in [-0.05, 0) is 50.3 Å². The number of nitrogens with one attached hydrogen (secondary N) is 1. The van der Waals surface area contributed by atoms with Crippen LogP contribution >= 0.6 is 0 Å². The number of amides is 3. The topological polar surface area (TPSA) is 123 Å². The summed E-state index contributed by atoms with van der Waals surface area (Å²) in [7, 11) is 0. The third kappa shape index (κ3) is 4.10. The van der Waals surface area contributed by atoms with Crippen molar-refractivity contribution in [3.8, 4) is 0 Å². The van der Waals surface area contributed by atoms with Gasteiger partial charge in [-0.15, -0.1) is 0 Å². The van der Waals surface area contributed by atoms with E-state index in [2.05, 4.69) is 5.32 Å². The lowest BCUT2D eigenvalue weighted by atomic mass is 9.88. The molecule has 8 nitrogen and oxygen atoms in total. The molecule has 0 aromatic carbocycles. The Bertz CT molecular complexity index is 709. The van der Waals surface area contributed by atoms with Crippen LogP contribution in [-0.4, -0.2) is 47.5 Å². The quantitative estimate of drug-likeness (QED) is 0.736. The van der Waals surface area contributed by atoms with Crippen molar-refractivity contribution in [1.29, 1.82) is 0 Å². The molecule has 1 saturated heterocycles. The molecule has 0 spiro atoms. The molecule has 27 heavy (non-hydrogen) atoms. The fraction of sp³-hybridized carbons (Fsp3) is 0.579.